The highest BCUT2D eigenvalue weighted by atomic mass is 32.1. The Kier molecular flexibility index (Phi) is 4.64. The summed E-state index contributed by atoms with van der Waals surface area (Å²) in [5.41, 5.74) is 0. The Labute approximate surface area is 89.8 Å². The first-order valence-corrected chi connectivity index (χ1v) is 5.85. The molecule has 0 bridgehead atoms. The molecule has 0 saturated carbocycles. The molecule has 1 rings (SSSR count). The molecule has 2 nitrogen and oxygen atoms in total. The first-order chi connectivity index (χ1) is 6.81. The zero-order valence-electron chi connectivity index (χ0n) is 8.73. The normalized spacial score (nSPS) is 12.7. The van der Waals surface area contributed by atoms with Crippen LogP contribution < -0.4 is 0 Å². The van der Waals surface area contributed by atoms with Crippen molar-refractivity contribution in [2.45, 2.75) is 32.9 Å². The molecule has 1 unspecified atom stereocenters. The second kappa shape index (κ2) is 5.79. The molecule has 1 aromatic heterocycles. The van der Waals surface area contributed by atoms with Gasteiger partial charge in [-0.15, -0.1) is 11.3 Å². The molecule has 0 aliphatic rings. The van der Waals surface area contributed by atoms with Gasteiger partial charge < -0.3 is 0 Å². The molecule has 76 valence electrons. The number of hydrogen-bond donors (Lipinski definition) is 0. The van der Waals surface area contributed by atoms with Crippen molar-refractivity contribution in [1.82, 2.24) is 4.90 Å². The van der Waals surface area contributed by atoms with E-state index < -0.39 is 0 Å². The smallest absolute Gasteiger partial charge is 0.0978 e. The maximum absolute atomic E-state index is 8.97. The van der Waals surface area contributed by atoms with Crippen LogP contribution in [0.3, 0.4) is 0 Å². The molecule has 0 spiro atoms. The van der Waals surface area contributed by atoms with E-state index in [1.165, 1.54) is 4.88 Å². The van der Waals surface area contributed by atoms with Crippen LogP contribution in [-0.2, 0) is 6.54 Å². The number of hydrogen-bond acceptors (Lipinski definition) is 3. The number of nitriles is 1. The van der Waals surface area contributed by atoms with E-state index in [0.717, 1.165) is 19.5 Å². The van der Waals surface area contributed by atoms with Gasteiger partial charge in [0.05, 0.1) is 12.1 Å². The Morgan fingerprint density at radius 1 is 1.57 bits per heavy atom. The van der Waals surface area contributed by atoms with Crippen molar-refractivity contribution in [3.63, 3.8) is 0 Å². The Balaban J connectivity index is 2.59. The SMILES string of the molecule is CCC(C#N)N(CC)Cc1cccs1. The maximum atomic E-state index is 8.97. The average molecular weight is 208 g/mol. The minimum absolute atomic E-state index is 0.0575. The fourth-order valence-electron chi connectivity index (χ4n) is 1.48. The molecule has 1 aromatic rings. The third-order valence-electron chi connectivity index (χ3n) is 2.32. The van der Waals surface area contributed by atoms with Crippen molar-refractivity contribution in [3.05, 3.63) is 22.4 Å². The van der Waals surface area contributed by atoms with Gasteiger partial charge in [-0.05, 0) is 24.4 Å². The van der Waals surface area contributed by atoms with Crippen LogP contribution in [0.4, 0.5) is 0 Å². The van der Waals surface area contributed by atoms with Gasteiger partial charge in [0.1, 0.15) is 0 Å². The zero-order valence-corrected chi connectivity index (χ0v) is 9.55. The summed E-state index contributed by atoms with van der Waals surface area (Å²) in [6.45, 7) is 6.00. The summed E-state index contributed by atoms with van der Waals surface area (Å²) in [5, 5.41) is 11.0. The highest BCUT2D eigenvalue weighted by Gasteiger charge is 2.14. The molecule has 0 saturated heterocycles. The maximum Gasteiger partial charge on any atom is 0.0978 e. The lowest BCUT2D eigenvalue weighted by molar-refractivity contribution is 0.234. The number of rotatable bonds is 5. The van der Waals surface area contributed by atoms with Gasteiger partial charge in [-0.3, -0.25) is 4.90 Å². The van der Waals surface area contributed by atoms with Gasteiger partial charge in [-0.25, -0.2) is 0 Å². The molecular formula is C11H16N2S. The summed E-state index contributed by atoms with van der Waals surface area (Å²) in [5.74, 6) is 0. The molecule has 0 aliphatic carbocycles. The van der Waals surface area contributed by atoms with Gasteiger partial charge in [-0.2, -0.15) is 5.26 Å². The molecule has 1 atom stereocenters. The first kappa shape index (κ1) is 11.2. The fraction of sp³-hybridized carbons (Fsp3) is 0.545. The molecule has 3 heteroatoms. The van der Waals surface area contributed by atoms with E-state index in [2.05, 4.69) is 42.3 Å². The van der Waals surface area contributed by atoms with E-state index in [0.29, 0.717) is 0 Å². The molecule has 0 radical (unpaired) electrons. The van der Waals surface area contributed by atoms with Crippen LogP contribution in [0.5, 0.6) is 0 Å². The van der Waals surface area contributed by atoms with Crippen molar-refractivity contribution in [2.24, 2.45) is 0 Å². The van der Waals surface area contributed by atoms with Crippen LogP contribution in [0.25, 0.3) is 0 Å². The van der Waals surface area contributed by atoms with E-state index in [4.69, 9.17) is 5.26 Å². The summed E-state index contributed by atoms with van der Waals surface area (Å²) in [6.07, 6.45) is 0.899. The minimum atomic E-state index is 0.0575. The lowest BCUT2D eigenvalue weighted by Gasteiger charge is -2.23. The Bertz CT molecular complexity index is 287. The van der Waals surface area contributed by atoms with Crippen molar-refractivity contribution in [2.75, 3.05) is 6.54 Å². The topological polar surface area (TPSA) is 27.0 Å². The fourth-order valence-corrected chi connectivity index (χ4v) is 2.21. The van der Waals surface area contributed by atoms with Gasteiger partial charge in [-0.1, -0.05) is 19.9 Å². The molecule has 0 amide bonds. The van der Waals surface area contributed by atoms with Crippen LogP contribution in [-0.4, -0.2) is 17.5 Å². The first-order valence-electron chi connectivity index (χ1n) is 4.97. The monoisotopic (exact) mass is 208 g/mol. The van der Waals surface area contributed by atoms with Gasteiger partial charge >= 0.3 is 0 Å². The second-order valence-corrected chi connectivity index (χ2v) is 4.23. The quantitative estimate of drug-likeness (QED) is 0.744. The standard InChI is InChI=1S/C11H16N2S/c1-3-10(8-12)13(4-2)9-11-6-5-7-14-11/h5-7,10H,3-4,9H2,1-2H3. The van der Waals surface area contributed by atoms with E-state index in [1.54, 1.807) is 11.3 Å². The third-order valence-corrected chi connectivity index (χ3v) is 3.18. The van der Waals surface area contributed by atoms with Crippen LogP contribution in [0.15, 0.2) is 17.5 Å². The van der Waals surface area contributed by atoms with E-state index in [9.17, 15) is 0 Å². The molecule has 14 heavy (non-hydrogen) atoms. The highest BCUT2D eigenvalue weighted by Crippen LogP contribution is 2.14. The van der Waals surface area contributed by atoms with Gasteiger partial charge in [0, 0.05) is 11.4 Å². The van der Waals surface area contributed by atoms with Gasteiger partial charge in [0.2, 0.25) is 0 Å². The molecule has 0 fully saturated rings. The Hall–Kier alpha value is -0.850. The minimum Gasteiger partial charge on any atom is -0.283 e. The third kappa shape index (κ3) is 2.83. The van der Waals surface area contributed by atoms with E-state index in [1.807, 2.05) is 0 Å². The predicted molar refractivity (Wildman–Crippen MR) is 60.1 cm³/mol. The lowest BCUT2D eigenvalue weighted by Crippen LogP contribution is -2.32. The molecule has 0 aliphatic heterocycles. The van der Waals surface area contributed by atoms with Crippen LogP contribution in [0.1, 0.15) is 25.1 Å². The second-order valence-electron chi connectivity index (χ2n) is 3.20. The van der Waals surface area contributed by atoms with Gasteiger partial charge in [0.15, 0.2) is 0 Å². The lowest BCUT2D eigenvalue weighted by atomic mass is 10.2. The van der Waals surface area contributed by atoms with Crippen molar-refractivity contribution in [1.29, 1.82) is 5.26 Å². The number of nitrogens with zero attached hydrogens (tertiary/aromatic N) is 2. The predicted octanol–water partition coefficient (Wildman–Crippen LogP) is 2.87. The summed E-state index contributed by atoms with van der Waals surface area (Å²) >= 11 is 1.75. The largest absolute Gasteiger partial charge is 0.283 e. The van der Waals surface area contributed by atoms with Crippen LogP contribution in [0.2, 0.25) is 0 Å². The highest BCUT2D eigenvalue weighted by molar-refractivity contribution is 7.09. The van der Waals surface area contributed by atoms with Crippen LogP contribution >= 0.6 is 11.3 Å². The molecule has 0 N–H and O–H groups in total. The van der Waals surface area contributed by atoms with Crippen molar-refractivity contribution in [3.8, 4) is 6.07 Å². The van der Waals surface area contributed by atoms with Crippen molar-refractivity contribution < 1.29 is 0 Å². The van der Waals surface area contributed by atoms with Crippen LogP contribution in [0, 0.1) is 11.3 Å². The summed E-state index contributed by atoms with van der Waals surface area (Å²) in [4.78, 5) is 3.55. The average Bonchev–Trinajstić information content (AvgIpc) is 2.70. The number of thiophene rings is 1. The Morgan fingerprint density at radius 2 is 2.36 bits per heavy atom. The van der Waals surface area contributed by atoms with E-state index >= 15 is 0 Å². The van der Waals surface area contributed by atoms with Crippen molar-refractivity contribution >= 4 is 11.3 Å². The molecule has 1 heterocycles. The Morgan fingerprint density at radius 3 is 2.79 bits per heavy atom. The summed E-state index contributed by atoms with van der Waals surface area (Å²) in [7, 11) is 0. The summed E-state index contributed by atoms with van der Waals surface area (Å²) in [6, 6.07) is 6.58. The zero-order chi connectivity index (χ0) is 10.4. The van der Waals surface area contributed by atoms with Gasteiger partial charge in [0.25, 0.3) is 0 Å². The van der Waals surface area contributed by atoms with E-state index in [-0.39, 0.29) is 6.04 Å². The molecular weight excluding hydrogens is 192 g/mol. The summed E-state index contributed by atoms with van der Waals surface area (Å²) < 4.78 is 0. The molecule has 0 aromatic carbocycles.